The Morgan fingerprint density at radius 2 is 1.68 bits per heavy atom. The summed E-state index contributed by atoms with van der Waals surface area (Å²) in [6.07, 6.45) is 1.93. The molecule has 0 aliphatic rings. The second-order valence-electron chi connectivity index (χ2n) is 7.78. The first-order valence-corrected chi connectivity index (χ1v) is 10.5. The summed E-state index contributed by atoms with van der Waals surface area (Å²) in [6.45, 7) is -0.816. The van der Waals surface area contributed by atoms with Crippen LogP contribution in [-0.4, -0.2) is 37.2 Å². The van der Waals surface area contributed by atoms with Crippen molar-refractivity contribution < 1.29 is 14.3 Å². The number of nitrogens with zero attached hydrogens (tertiary/aromatic N) is 4. The van der Waals surface area contributed by atoms with Gasteiger partial charge in [-0.2, -0.15) is 0 Å². The molecule has 0 bridgehead atoms. The maximum Gasteiger partial charge on any atom is 0.332 e. The highest BCUT2D eigenvalue weighted by molar-refractivity contribution is 5.93. The second kappa shape index (κ2) is 9.57. The number of esters is 1. The van der Waals surface area contributed by atoms with Gasteiger partial charge < -0.3 is 14.6 Å². The number of hydrogen-bond acceptors (Lipinski definition) is 6. The number of carbonyl (C=O) groups excluding carboxylic acids is 2. The zero-order valence-electron chi connectivity index (χ0n) is 18.7. The van der Waals surface area contributed by atoms with E-state index in [4.69, 9.17) is 4.74 Å². The van der Waals surface area contributed by atoms with Crippen LogP contribution >= 0.6 is 0 Å². The average molecular weight is 461 g/mol. The summed E-state index contributed by atoms with van der Waals surface area (Å²) < 4.78 is 8.56. The molecule has 4 rings (SSSR count). The number of anilines is 1. The molecule has 0 saturated carbocycles. The largest absolute Gasteiger partial charge is 0.454 e. The minimum absolute atomic E-state index is 0.0980. The standard InChI is InChI=1S/C24H23N5O5/c1-27-22-21(23(32)28(2)24(27)33)29(15-25-22)13-20(31)34-14-19(30)26-18-11-7-6-10-17(18)12-16-8-4-3-5-9-16/h3-11,15H,12-14H2,1-2H3,(H,26,30). The molecule has 4 aromatic rings. The van der Waals surface area contributed by atoms with Crippen LogP contribution in [-0.2, 0) is 41.4 Å². The molecule has 2 aromatic heterocycles. The molecule has 1 N–H and O–H groups in total. The summed E-state index contributed by atoms with van der Waals surface area (Å²) in [5.74, 6) is -1.20. The Hall–Kier alpha value is -4.47. The van der Waals surface area contributed by atoms with Gasteiger partial charge in [0.15, 0.2) is 17.8 Å². The molecule has 10 nitrogen and oxygen atoms in total. The topological polar surface area (TPSA) is 117 Å². The second-order valence-corrected chi connectivity index (χ2v) is 7.78. The van der Waals surface area contributed by atoms with Crippen molar-refractivity contribution in [2.75, 3.05) is 11.9 Å². The Kier molecular flexibility index (Phi) is 6.39. The number of benzene rings is 2. The van der Waals surface area contributed by atoms with Gasteiger partial charge in [0.1, 0.15) is 6.54 Å². The summed E-state index contributed by atoms with van der Waals surface area (Å²) in [5, 5.41) is 2.78. The highest BCUT2D eigenvalue weighted by Crippen LogP contribution is 2.19. The van der Waals surface area contributed by atoms with Crippen LogP contribution in [0.4, 0.5) is 5.69 Å². The molecule has 0 fully saturated rings. The van der Waals surface area contributed by atoms with E-state index in [9.17, 15) is 19.2 Å². The minimum Gasteiger partial charge on any atom is -0.454 e. The lowest BCUT2D eigenvalue weighted by atomic mass is 10.0. The van der Waals surface area contributed by atoms with Crippen LogP contribution in [0.1, 0.15) is 11.1 Å². The van der Waals surface area contributed by atoms with E-state index in [0.717, 1.165) is 15.7 Å². The van der Waals surface area contributed by atoms with Crippen LogP contribution in [0.3, 0.4) is 0 Å². The summed E-state index contributed by atoms with van der Waals surface area (Å²) in [7, 11) is 2.83. The van der Waals surface area contributed by atoms with E-state index in [1.54, 1.807) is 6.07 Å². The molecule has 0 aliphatic heterocycles. The summed E-state index contributed by atoms with van der Waals surface area (Å²) in [6, 6.07) is 17.3. The molecule has 0 spiro atoms. The maximum absolute atomic E-state index is 12.5. The van der Waals surface area contributed by atoms with Crippen LogP contribution < -0.4 is 16.6 Å². The van der Waals surface area contributed by atoms with E-state index >= 15 is 0 Å². The molecular formula is C24H23N5O5. The van der Waals surface area contributed by atoms with E-state index in [-0.39, 0.29) is 17.7 Å². The minimum atomic E-state index is -0.720. The fourth-order valence-corrected chi connectivity index (χ4v) is 3.65. The number of hydrogen-bond donors (Lipinski definition) is 1. The predicted octanol–water partition coefficient (Wildman–Crippen LogP) is 1.21. The van der Waals surface area contributed by atoms with Gasteiger partial charge in [0.2, 0.25) is 0 Å². The van der Waals surface area contributed by atoms with Crippen LogP contribution in [0.25, 0.3) is 11.2 Å². The Labute approximate surface area is 194 Å². The van der Waals surface area contributed by atoms with Crippen molar-refractivity contribution in [2.45, 2.75) is 13.0 Å². The van der Waals surface area contributed by atoms with Gasteiger partial charge in [0.05, 0.1) is 6.33 Å². The van der Waals surface area contributed by atoms with Crippen molar-refractivity contribution in [1.82, 2.24) is 18.7 Å². The number of amides is 1. The van der Waals surface area contributed by atoms with Gasteiger partial charge in [-0.25, -0.2) is 9.78 Å². The van der Waals surface area contributed by atoms with E-state index in [2.05, 4.69) is 10.3 Å². The number of ether oxygens (including phenoxy) is 1. The molecule has 1 amide bonds. The number of imidazole rings is 1. The van der Waals surface area contributed by atoms with Crippen molar-refractivity contribution in [3.8, 4) is 0 Å². The number of aryl methyl sites for hydroxylation is 1. The number of nitrogens with one attached hydrogen (secondary N) is 1. The molecule has 10 heteroatoms. The zero-order chi connectivity index (χ0) is 24.2. The monoisotopic (exact) mass is 461 g/mol. The van der Waals surface area contributed by atoms with Crippen molar-refractivity contribution in [2.24, 2.45) is 14.1 Å². The highest BCUT2D eigenvalue weighted by atomic mass is 16.5. The fourth-order valence-electron chi connectivity index (χ4n) is 3.65. The van der Waals surface area contributed by atoms with Crippen molar-refractivity contribution in [3.05, 3.63) is 92.9 Å². The average Bonchev–Trinajstić information content (AvgIpc) is 3.25. The van der Waals surface area contributed by atoms with Crippen LogP contribution in [0.2, 0.25) is 0 Å². The number of carbonyl (C=O) groups is 2. The Morgan fingerprint density at radius 1 is 0.971 bits per heavy atom. The third-order valence-corrected chi connectivity index (χ3v) is 5.41. The SMILES string of the molecule is Cn1c(=O)c2c(ncn2CC(=O)OCC(=O)Nc2ccccc2Cc2ccccc2)n(C)c1=O. The third kappa shape index (κ3) is 4.65. The van der Waals surface area contributed by atoms with Crippen molar-refractivity contribution >= 4 is 28.7 Å². The fraction of sp³-hybridized carbons (Fsp3) is 0.208. The smallest absolute Gasteiger partial charge is 0.332 e. The van der Waals surface area contributed by atoms with Gasteiger partial charge in [-0.3, -0.25) is 23.5 Å². The van der Waals surface area contributed by atoms with Crippen molar-refractivity contribution in [3.63, 3.8) is 0 Å². The van der Waals surface area contributed by atoms with Crippen LogP contribution in [0, 0.1) is 0 Å². The summed E-state index contributed by atoms with van der Waals surface area (Å²) >= 11 is 0. The molecule has 0 radical (unpaired) electrons. The summed E-state index contributed by atoms with van der Waals surface area (Å²) in [5.41, 5.74) is 1.84. The van der Waals surface area contributed by atoms with E-state index in [0.29, 0.717) is 12.1 Å². The first kappa shape index (κ1) is 22.7. The first-order chi connectivity index (χ1) is 16.3. The van der Waals surface area contributed by atoms with Gasteiger partial charge >= 0.3 is 11.7 Å². The number of para-hydroxylation sites is 1. The lowest BCUT2D eigenvalue weighted by Gasteiger charge is -2.12. The molecule has 0 unspecified atom stereocenters. The lowest BCUT2D eigenvalue weighted by Crippen LogP contribution is -2.37. The molecule has 0 saturated heterocycles. The normalized spacial score (nSPS) is 10.9. The van der Waals surface area contributed by atoms with Gasteiger partial charge in [0.25, 0.3) is 11.5 Å². The summed E-state index contributed by atoms with van der Waals surface area (Å²) in [4.78, 5) is 53.3. The Bertz CT molecular complexity index is 1480. The highest BCUT2D eigenvalue weighted by Gasteiger charge is 2.17. The predicted molar refractivity (Wildman–Crippen MR) is 125 cm³/mol. The number of rotatable bonds is 7. The number of fused-ring (bicyclic) bond motifs is 1. The van der Waals surface area contributed by atoms with E-state index < -0.39 is 29.7 Å². The first-order valence-electron chi connectivity index (χ1n) is 10.5. The van der Waals surface area contributed by atoms with E-state index in [1.807, 2.05) is 48.5 Å². The van der Waals surface area contributed by atoms with Gasteiger partial charge in [0, 0.05) is 19.8 Å². The zero-order valence-corrected chi connectivity index (χ0v) is 18.7. The maximum atomic E-state index is 12.5. The van der Waals surface area contributed by atoms with E-state index in [1.165, 1.54) is 29.6 Å². The van der Waals surface area contributed by atoms with Gasteiger partial charge in [-0.15, -0.1) is 0 Å². The molecular weight excluding hydrogens is 438 g/mol. The molecule has 34 heavy (non-hydrogen) atoms. The molecule has 0 atom stereocenters. The van der Waals surface area contributed by atoms with Crippen LogP contribution in [0.15, 0.2) is 70.5 Å². The Morgan fingerprint density at radius 3 is 2.44 bits per heavy atom. The van der Waals surface area contributed by atoms with Crippen molar-refractivity contribution in [1.29, 1.82) is 0 Å². The molecule has 2 aromatic carbocycles. The molecule has 174 valence electrons. The van der Waals surface area contributed by atoms with Crippen LogP contribution in [0.5, 0.6) is 0 Å². The van der Waals surface area contributed by atoms with Gasteiger partial charge in [-0.1, -0.05) is 48.5 Å². The molecule has 0 aliphatic carbocycles. The third-order valence-electron chi connectivity index (χ3n) is 5.41. The molecule has 2 heterocycles. The van der Waals surface area contributed by atoms with Gasteiger partial charge in [-0.05, 0) is 23.6 Å². The number of aromatic nitrogens is 4. The quantitative estimate of drug-likeness (QED) is 0.414. The Balaban J connectivity index is 1.40. The lowest BCUT2D eigenvalue weighted by molar-refractivity contribution is -0.147.